The fourth-order valence-electron chi connectivity index (χ4n) is 1.62. The lowest BCUT2D eigenvalue weighted by Crippen LogP contribution is -2.32. The predicted molar refractivity (Wildman–Crippen MR) is 69.2 cm³/mol. The number of benzene rings is 1. The molecule has 0 aromatic heterocycles. The molecule has 0 aliphatic heterocycles. The molecule has 3 heteroatoms. The zero-order chi connectivity index (χ0) is 12.7. The first-order valence-corrected chi connectivity index (χ1v) is 6.04. The first kappa shape index (κ1) is 13.9. The van der Waals surface area contributed by atoms with E-state index in [0.29, 0.717) is 6.42 Å². The van der Waals surface area contributed by atoms with Crippen LogP contribution in [0.2, 0.25) is 0 Å². The molecule has 1 N–H and O–H groups in total. The van der Waals surface area contributed by atoms with E-state index in [-0.39, 0.29) is 18.4 Å². The Morgan fingerprint density at radius 2 is 2.00 bits per heavy atom. The normalized spacial score (nSPS) is 12.7. The van der Waals surface area contributed by atoms with E-state index in [4.69, 9.17) is 5.11 Å². The third-order valence-corrected chi connectivity index (χ3v) is 3.03. The van der Waals surface area contributed by atoms with E-state index in [1.807, 2.05) is 44.3 Å². The summed E-state index contributed by atoms with van der Waals surface area (Å²) in [6, 6.07) is 9.53. The van der Waals surface area contributed by atoms with Gasteiger partial charge in [-0.15, -0.1) is 0 Å². The van der Waals surface area contributed by atoms with Crippen molar-refractivity contribution in [2.45, 2.75) is 25.8 Å². The molecule has 0 aliphatic rings. The number of carbonyl (C=O) groups excluding carboxylic acids is 1. The van der Waals surface area contributed by atoms with Crippen molar-refractivity contribution in [2.75, 3.05) is 20.2 Å². The topological polar surface area (TPSA) is 40.5 Å². The summed E-state index contributed by atoms with van der Waals surface area (Å²) in [6.45, 7) is 2.96. The van der Waals surface area contributed by atoms with E-state index in [9.17, 15) is 4.79 Å². The molecule has 1 unspecified atom stereocenters. The highest BCUT2D eigenvalue weighted by atomic mass is 16.3. The Hall–Kier alpha value is -1.19. The van der Waals surface area contributed by atoms with Gasteiger partial charge in [0.1, 0.15) is 0 Å². The van der Waals surface area contributed by atoms with Crippen LogP contribution >= 0.6 is 0 Å². The molecule has 0 saturated carbocycles. The Bertz CT molecular complexity index is 337. The van der Waals surface area contributed by atoms with Crippen LogP contribution in [0.4, 0.5) is 0 Å². The number of aliphatic hydroxyl groups excluding tert-OH is 1. The Morgan fingerprint density at radius 1 is 1.35 bits per heavy atom. The number of aliphatic hydroxyl groups is 1. The maximum Gasteiger partial charge on any atom is 0.162 e. The van der Waals surface area contributed by atoms with Crippen LogP contribution in [0.5, 0.6) is 0 Å². The summed E-state index contributed by atoms with van der Waals surface area (Å²) in [6.07, 6.45) is 1.39. The largest absolute Gasteiger partial charge is 0.395 e. The van der Waals surface area contributed by atoms with Crippen molar-refractivity contribution >= 4 is 5.78 Å². The molecular weight excluding hydrogens is 214 g/mol. The highest BCUT2D eigenvalue weighted by Gasteiger charge is 2.09. The van der Waals surface area contributed by atoms with Gasteiger partial charge in [-0.2, -0.15) is 0 Å². The van der Waals surface area contributed by atoms with Gasteiger partial charge in [-0.25, -0.2) is 0 Å². The Kier molecular flexibility index (Phi) is 5.87. The van der Waals surface area contributed by atoms with Crippen molar-refractivity contribution in [1.29, 1.82) is 0 Å². The van der Waals surface area contributed by atoms with Crippen LogP contribution in [0.1, 0.15) is 30.1 Å². The van der Waals surface area contributed by atoms with Crippen LogP contribution in [0.3, 0.4) is 0 Å². The van der Waals surface area contributed by atoms with Gasteiger partial charge >= 0.3 is 0 Å². The minimum absolute atomic E-state index is 0.154. The Balaban J connectivity index is 2.30. The summed E-state index contributed by atoms with van der Waals surface area (Å²) in [5, 5.41) is 8.98. The average Bonchev–Trinajstić information content (AvgIpc) is 2.38. The van der Waals surface area contributed by atoms with Gasteiger partial charge in [0, 0.05) is 18.0 Å². The highest BCUT2D eigenvalue weighted by Crippen LogP contribution is 2.06. The van der Waals surface area contributed by atoms with E-state index in [2.05, 4.69) is 4.90 Å². The standard InChI is InChI=1S/C14H21NO2/c1-12(11-16)15(2)10-6-9-14(17)13-7-4-3-5-8-13/h3-5,7-8,12,16H,6,9-11H2,1-2H3. The van der Waals surface area contributed by atoms with Gasteiger partial charge in [0.2, 0.25) is 0 Å². The van der Waals surface area contributed by atoms with E-state index in [0.717, 1.165) is 18.5 Å². The van der Waals surface area contributed by atoms with E-state index < -0.39 is 0 Å². The number of likely N-dealkylation sites (N-methyl/N-ethyl adjacent to an activating group) is 1. The summed E-state index contributed by atoms with van der Waals surface area (Å²) in [5.74, 6) is 0.190. The molecule has 0 amide bonds. The van der Waals surface area contributed by atoms with Crippen molar-refractivity contribution in [3.63, 3.8) is 0 Å². The van der Waals surface area contributed by atoms with Gasteiger partial charge in [0.25, 0.3) is 0 Å². The lowest BCUT2D eigenvalue weighted by atomic mass is 10.1. The monoisotopic (exact) mass is 235 g/mol. The smallest absolute Gasteiger partial charge is 0.162 e. The van der Waals surface area contributed by atoms with Gasteiger partial charge in [-0.05, 0) is 26.9 Å². The Labute approximate surface area is 103 Å². The zero-order valence-corrected chi connectivity index (χ0v) is 10.6. The van der Waals surface area contributed by atoms with Crippen LogP contribution < -0.4 is 0 Å². The molecule has 0 bridgehead atoms. The molecule has 0 saturated heterocycles. The maximum absolute atomic E-state index is 11.8. The van der Waals surface area contributed by atoms with Crippen molar-refractivity contribution in [1.82, 2.24) is 4.90 Å². The first-order valence-electron chi connectivity index (χ1n) is 6.04. The van der Waals surface area contributed by atoms with Crippen LogP contribution in [-0.4, -0.2) is 42.0 Å². The third-order valence-electron chi connectivity index (χ3n) is 3.03. The molecular formula is C14H21NO2. The summed E-state index contributed by atoms with van der Waals surface area (Å²) in [4.78, 5) is 13.9. The number of carbonyl (C=O) groups is 1. The van der Waals surface area contributed by atoms with Gasteiger partial charge < -0.3 is 10.0 Å². The zero-order valence-electron chi connectivity index (χ0n) is 10.6. The predicted octanol–water partition coefficient (Wildman–Crippen LogP) is 1.96. The quantitative estimate of drug-likeness (QED) is 0.734. The number of nitrogens with zero attached hydrogens (tertiary/aromatic N) is 1. The number of rotatable bonds is 7. The fourth-order valence-corrected chi connectivity index (χ4v) is 1.62. The fraction of sp³-hybridized carbons (Fsp3) is 0.500. The summed E-state index contributed by atoms with van der Waals surface area (Å²) in [5.41, 5.74) is 0.783. The van der Waals surface area contributed by atoms with E-state index >= 15 is 0 Å². The number of hydrogen-bond acceptors (Lipinski definition) is 3. The minimum atomic E-state index is 0.154. The molecule has 0 radical (unpaired) electrons. The van der Waals surface area contributed by atoms with Gasteiger partial charge in [0.05, 0.1) is 6.61 Å². The Morgan fingerprint density at radius 3 is 2.59 bits per heavy atom. The second kappa shape index (κ2) is 7.20. The summed E-state index contributed by atoms with van der Waals surface area (Å²) < 4.78 is 0. The molecule has 1 rings (SSSR count). The van der Waals surface area contributed by atoms with Crippen LogP contribution in [0, 0.1) is 0 Å². The lowest BCUT2D eigenvalue weighted by Gasteiger charge is -2.22. The molecule has 0 aliphatic carbocycles. The van der Waals surface area contributed by atoms with Crippen molar-refractivity contribution in [3.05, 3.63) is 35.9 Å². The average molecular weight is 235 g/mol. The molecule has 94 valence electrons. The van der Waals surface area contributed by atoms with Gasteiger partial charge in [-0.1, -0.05) is 30.3 Å². The van der Waals surface area contributed by atoms with Gasteiger partial charge in [0.15, 0.2) is 5.78 Å². The van der Waals surface area contributed by atoms with E-state index in [1.54, 1.807) is 0 Å². The summed E-state index contributed by atoms with van der Waals surface area (Å²) in [7, 11) is 1.97. The lowest BCUT2D eigenvalue weighted by molar-refractivity contribution is 0.0969. The SMILES string of the molecule is CC(CO)N(C)CCCC(=O)c1ccccc1. The number of ketones is 1. The summed E-state index contributed by atoms with van der Waals surface area (Å²) >= 11 is 0. The van der Waals surface area contributed by atoms with Crippen molar-refractivity contribution < 1.29 is 9.90 Å². The first-order chi connectivity index (χ1) is 8.15. The molecule has 17 heavy (non-hydrogen) atoms. The minimum Gasteiger partial charge on any atom is -0.395 e. The highest BCUT2D eigenvalue weighted by molar-refractivity contribution is 5.95. The third kappa shape index (κ3) is 4.67. The van der Waals surface area contributed by atoms with Crippen molar-refractivity contribution in [2.24, 2.45) is 0 Å². The van der Waals surface area contributed by atoms with Crippen molar-refractivity contribution in [3.8, 4) is 0 Å². The second-order valence-electron chi connectivity index (χ2n) is 4.40. The molecule has 0 heterocycles. The van der Waals surface area contributed by atoms with Crippen LogP contribution in [0.25, 0.3) is 0 Å². The van der Waals surface area contributed by atoms with Crippen LogP contribution in [-0.2, 0) is 0 Å². The second-order valence-corrected chi connectivity index (χ2v) is 4.40. The van der Waals surface area contributed by atoms with Gasteiger partial charge in [-0.3, -0.25) is 4.79 Å². The molecule has 3 nitrogen and oxygen atoms in total. The molecule has 1 aromatic rings. The molecule has 1 aromatic carbocycles. The molecule has 0 spiro atoms. The van der Waals surface area contributed by atoms with Crippen LogP contribution in [0.15, 0.2) is 30.3 Å². The van der Waals surface area contributed by atoms with E-state index in [1.165, 1.54) is 0 Å². The molecule has 0 fully saturated rings. The molecule has 1 atom stereocenters. The number of hydrogen-bond donors (Lipinski definition) is 1. The number of Topliss-reactive ketones (excluding diaryl/α,β-unsaturated/α-hetero) is 1. The maximum atomic E-state index is 11.8.